The number of nitrogens with zero attached hydrogens (tertiary/aromatic N) is 3. The van der Waals surface area contributed by atoms with Crippen LogP contribution in [-0.4, -0.2) is 52.0 Å². The summed E-state index contributed by atoms with van der Waals surface area (Å²) in [5.74, 6) is -0.308. The first-order chi connectivity index (χ1) is 14.3. The van der Waals surface area contributed by atoms with Gasteiger partial charge in [-0.15, -0.1) is 0 Å². The Kier molecular flexibility index (Phi) is 6.54. The van der Waals surface area contributed by atoms with E-state index >= 15 is 0 Å². The largest absolute Gasteiger partial charge is 0.354 e. The number of anilines is 1. The highest BCUT2D eigenvalue weighted by Crippen LogP contribution is 2.19. The van der Waals surface area contributed by atoms with Crippen LogP contribution in [0.25, 0.3) is 0 Å². The van der Waals surface area contributed by atoms with E-state index in [1.54, 1.807) is 17.0 Å². The molecule has 3 rings (SSSR count). The minimum atomic E-state index is -0.139. The Morgan fingerprint density at radius 1 is 1.17 bits per heavy atom. The van der Waals surface area contributed by atoms with E-state index < -0.39 is 0 Å². The van der Waals surface area contributed by atoms with Crippen molar-refractivity contribution in [3.05, 3.63) is 46.3 Å². The lowest BCUT2D eigenvalue weighted by molar-refractivity contribution is -0.120. The number of hydrogen-bond donors (Lipinski definition) is 2. The number of nitrogens with one attached hydrogen (secondary N) is 2. The summed E-state index contributed by atoms with van der Waals surface area (Å²) in [6.45, 7) is 9.69. The lowest BCUT2D eigenvalue weighted by Gasteiger charge is -2.20. The molecule has 0 aliphatic carbocycles. The second kappa shape index (κ2) is 9.11. The first-order valence-electron chi connectivity index (χ1n) is 10.2. The molecule has 8 nitrogen and oxygen atoms in total. The zero-order valence-electron chi connectivity index (χ0n) is 18.0. The lowest BCUT2D eigenvalue weighted by atomic mass is 10.1. The highest BCUT2D eigenvalue weighted by molar-refractivity contribution is 5.98. The van der Waals surface area contributed by atoms with Crippen LogP contribution in [0.15, 0.2) is 18.2 Å². The Hall–Kier alpha value is -3.16. The van der Waals surface area contributed by atoms with Gasteiger partial charge in [0.2, 0.25) is 11.8 Å². The molecule has 8 heteroatoms. The van der Waals surface area contributed by atoms with Gasteiger partial charge in [0.15, 0.2) is 0 Å². The fourth-order valence-corrected chi connectivity index (χ4v) is 3.47. The van der Waals surface area contributed by atoms with Crippen LogP contribution in [0.1, 0.15) is 45.7 Å². The molecule has 1 aliphatic rings. The van der Waals surface area contributed by atoms with Crippen LogP contribution in [-0.2, 0) is 16.1 Å². The third-order valence-corrected chi connectivity index (χ3v) is 5.65. The standard InChI is InChI=1S/C22H29N5O3/c1-14-5-6-18(22(30)26-10-7-20(28)23-9-12-26)13-19(14)24-21(29)8-11-27-17(4)15(2)16(3)25-27/h5-6,13H,7-12H2,1-4H3,(H,23,28)(H,24,29). The van der Waals surface area contributed by atoms with Gasteiger partial charge in [-0.3, -0.25) is 19.1 Å². The zero-order chi connectivity index (χ0) is 21.8. The molecule has 0 saturated carbocycles. The molecule has 0 radical (unpaired) electrons. The topological polar surface area (TPSA) is 96.3 Å². The molecule has 160 valence electrons. The average Bonchev–Trinajstić information content (AvgIpc) is 2.87. The van der Waals surface area contributed by atoms with Crippen molar-refractivity contribution in [2.75, 3.05) is 25.0 Å². The Morgan fingerprint density at radius 2 is 1.93 bits per heavy atom. The summed E-state index contributed by atoms with van der Waals surface area (Å²) in [5, 5.41) is 10.2. The van der Waals surface area contributed by atoms with Crippen LogP contribution in [0.2, 0.25) is 0 Å². The van der Waals surface area contributed by atoms with Gasteiger partial charge in [-0.05, 0) is 51.0 Å². The third-order valence-electron chi connectivity index (χ3n) is 5.65. The smallest absolute Gasteiger partial charge is 0.254 e. The molecule has 1 fully saturated rings. The molecule has 1 aromatic heterocycles. The average molecular weight is 412 g/mol. The molecule has 1 aromatic carbocycles. The van der Waals surface area contributed by atoms with E-state index in [4.69, 9.17) is 0 Å². The normalized spacial score (nSPS) is 14.3. The number of aromatic nitrogens is 2. The molecular weight excluding hydrogens is 382 g/mol. The molecule has 0 unspecified atom stereocenters. The van der Waals surface area contributed by atoms with E-state index in [2.05, 4.69) is 15.7 Å². The number of aryl methyl sites for hydroxylation is 3. The van der Waals surface area contributed by atoms with Crippen molar-refractivity contribution >= 4 is 23.4 Å². The third kappa shape index (κ3) is 4.87. The van der Waals surface area contributed by atoms with Crippen LogP contribution in [0.3, 0.4) is 0 Å². The van der Waals surface area contributed by atoms with Crippen LogP contribution < -0.4 is 10.6 Å². The molecule has 1 saturated heterocycles. The lowest BCUT2D eigenvalue weighted by Crippen LogP contribution is -2.34. The molecule has 2 N–H and O–H groups in total. The molecule has 30 heavy (non-hydrogen) atoms. The highest BCUT2D eigenvalue weighted by Gasteiger charge is 2.20. The van der Waals surface area contributed by atoms with Gasteiger partial charge >= 0.3 is 0 Å². The maximum Gasteiger partial charge on any atom is 0.254 e. The van der Waals surface area contributed by atoms with Crippen LogP contribution in [0.4, 0.5) is 5.69 Å². The number of rotatable bonds is 5. The number of benzene rings is 1. The predicted octanol–water partition coefficient (Wildman–Crippen LogP) is 2.11. The van der Waals surface area contributed by atoms with E-state index in [1.807, 2.05) is 38.4 Å². The molecule has 2 aromatic rings. The number of carbonyl (C=O) groups excluding carboxylic acids is 3. The van der Waals surface area contributed by atoms with Gasteiger partial charge in [-0.2, -0.15) is 5.10 Å². The summed E-state index contributed by atoms with van der Waals surface area (Å²) >= 11 is 0. The molecule has 0 bridgehead atoms. The van der Waals surface area contributed by atoms with Gasteiger partial charge in [-0.1, -0.05) is 6.07 Å². The zero-order valence-corrected chi connectivity index (χ0v) is 18.0. The van der Waals surface area contributed by atoms with Gasteiger partial charge in [0.05, 0.1) is 5.69 Å². The predicted molar refractivity (Wildman–Crippen MR) is 114 cm³/mol. The molecule has 0 atom stereocenters. The summed E-state index contributed by atoms with van der Waals surface area (Å²) in [6, 6.07) is 5.30. The Morgan fingerprint density at radius 3 is 2.63 bits per heavy atom. The summed E-state index contributed by atoms with van der Waals surface area (Å²) in [7, 11) is 0. The van der Waals surface area contributed by atoms with Crippen molar-refractivity contribution in [2.45, 2.75) is 47.1 Å². The molecular formula is C22H29N5O3. The van der Waals surface area contributed by atoms with Gasteiger partial charge in [0, 0.05) is 56.0 Å². The van der Waals surface area contributed by atoms with Crippen molar-refractivity contribution in [2.24, 2.45) is 0 Å². The van der Waals surface area contributed by atoms with Crippen molar-refractivity contribution in [1.82, 2.24) is 20.0 Å². The van der Waals surface area contributed by atoms with Crippen LogP contribution in [0, 0.1) is 27.7 Å². The molecule has 0 spiro atoms. The summed E-state index contributed by atoms with van der Waals surface area (Å²) < 4.78 is 1.85. The van der Waals surface area contributed by atoms with Gasteiger partial charge in [0.1, 0.15) is 0 Å². The number of hydrogen-bond acceptors (Lipinski definition) is 4. The van der Waals surface area contributed by atoms with Crippen molar-refractivity contribution < 1.29 is 14.4 Å². The maximum absolute atomic E-state index is 12.9. The fraction of sp³-hybridized carbons (Fsp3) is 0.455. The summed E-state index contributed by atoms with van der Waals surface area (Å²) in [6.07, 6.45) is 0.589. The summed E-state index contributed by atoms with van der Waals surface area (Å²) in [5.41, 5.74) is 5.19. The summed E-state index contributed by atoms with van der Waals surface area (Å²) in [4.78, 5) is 38.5. The Balaban J connectivity index is 1.65. The van der Waals surface area contributed by atoms with Gasteiger partial charge in [0.25, 0.3) is 5.91 Å². The second-order valence-electron chi connectivity index (χ2n) is 7.74. The molecule has 1 aliphatic heterocycles. The minimum Gasteiger partial charge on any atom is -0.354 e. The quantitative estimate of drug-likeness (QED) is 0.788. The van der Waals surface area contributed by atoms with Gasteiger partial charge < -0.3 is 15.5 Å². The Bertz CT molecular complexity index is 979. The molecule has 3 amide bonds. The van der Waals surface area contributed by atoms with Crippen LogP contribution in [0.5, 0.6) is 0 Å². The Labute approximate surface area is 176 Å². The van der Waals surface area contributed by atoms with Gasteiger partial charge in [-0.25, -0.2) is 0 Å². The number of amides is 3. The first-order valence-corrected chi connectivity index (χ1v) is 10.2. The van der Waals surface area contributed by atoms with Crippen LogP contribution >= 0.6 is 0 Å². The first kappa shape index (κ1) is 21.5. The fourth-order valence-electron chi connectivity index (χ4n) is 3.47. The van der Waals surface area contributed by atoms with E-state index in [0.717, 1.165) is 22.5 Å². The van der Waals surface area contributed by atoms with E-state index in [-0.39, 0.29) is 17.7 Å². The maximum atomic E-state index is 12.9. The van der Waals surface area contributed by atoms with Crippen molar-refractivity contribution in [1.29, 1.82) is 0 Å². The van der Waals surface area contributed by atoms with Crippen molar-refractivity contribution in [3.8, 4) is 0 Å². The SMILES string of the molecule is Cc1ccc(C(=O)N2CCNC(=O)CC2)cc1NC(=O)CCn1nc(C)c(C)c1C. The highest BCUT2D eigenvalue weighted by atomic mass is 16.2. The second-order valence-corrected chi connectivity index (χ2v) is 7.74. The van der Waals surface area contributed by atoms with E-state index in [0.29, 0.717) is 50.3 Å². The van der Waals surface area contributed by atoms with E-state index in [9.17, 15) is 14.4 Å². The monoisotopic (exact) mass is 411 g/mol. The minimum absolute atomic E-state index is 0.0417. The van der Waals surface area contributed by atoms with Crippen molar-refractivity contribution in [3.63, 3.8) is 0 Å². The van der Waals surface area contributed by atoms with E-state index in [1.165, 1.54) is 0 Å². The number of carbonyl (C=O) groups is 3. The molecule has 2 heterocycles.